The fourth-order valence-corrected chi connectivity index (χ4v) is 6.69. The standard InChI is InChI=1S/C20H32N2O2/c1-12(23)21-17-7-16(19(17,2)3)8-18(24)22-20-9-13-4-14(10-20)6-15(5-13)11-20/h13-17H,4-11H2,1-3H3,(H,21,23)(H,22,24). The van der Waals surface area contributed by atoms with Gasteiger partial charge in [-0.05, 0) is 74.0 Å². The van der Waals surface area contributed by atoms with Crippen LogP contribution in [-0.2, 0) is 9.59 Å². The van der Waals surface area contributed by atoms with Crippen molar-refractivity contribution in [1.82, 2.24) is 10.6 Å². The molecule has 4 bridgehead atoms. The van der Waals surface area contributed by atoms with Crippen molar-refractivity contribution in [2.24, 2.45) is 29.1 Å². The van der Waals surface area contributed by atoms with Crippen LogP contribution in [0, 0.1) is 29.1 Å². The van der Waals surface area contributed by atoms with Crippen molar-refractivity contribution in [3.05, 3.63) is 0 Å². The van der Waals surface area contributed by atoms with Gasteiger partial charge in [0.1, 0.15) is 0 Å². The molecule has 0 saturated heterocycles. The second-order valence-corrected chi connectivity index (χ2v) is 9.96. The van der Waals surface area contributed by atoms with Crippen molar-refractivity contribution in [1.29, 1.82) is 0 Å². The molecule has 0 aromatic rings. The summed E-state index contributed by atoms with van der Waals surface area (Å²) in [7, 11) is 0. The van der Waals surface area contributed by atoms with E-state index >= 15 is 0 Å². The number of hydrogen-bond acceptors (Lipinski definition) is 2. The Morgan fingerprint density at radius 2 is 1.50 bits per heavy atom. The first-order valence-electron chi connectivity index (χ1n) is 9.84. The van der Waals surface area contributed by atoms with Gasteiger partial charge in [0.05, 0.1) is 0 Å². The molecule has 5 fully saturated rings. The van der Waals surface area contributed by atoms with Crippen LogP contribution in [0.5, 0.6) is 0 Å². The predicted molar refractivity (Wildman–Crippen MR) is 93.2 cm³/mol. The molecule has 4 heteroatoms. The highest BCUT2D eigenvalue weighted by molar-refractivity contribution is 5.78. The lowest BCUT2D eigenvalue weighted by atomic mass is 9.53. The molecule has 2 atom stereocenters. The molecule has 5 rings (SSSR count). The molecule has 2 unspecified atom stereocenters. The van der Waals surface area contributed by atoms with Gasteiger partial charge in [0.25, 0.3) is 0 Å². The van der Waals surface area contributed by atoms with Crippen LogP contribution in [0.4, 0.5) is 0 Å². The van der Waals surface area contributed by atoms with Crippen LogP contribution in [-0.4, -0.2) is 23.4 Å². The first kappa shape index (κ1) is 16.4. The molecular formula is C20H32N2O2. The van der Waals surface area contributed by atoms with Crippen molar-refractivity contribution < 1.29 is 9.59 Å². The van der Waals surface area contributed by atoms with E-state index < -0.39 is 0 Å². The fraction of sp³-hybridized carbons (Fsp3) is 0.900. The van der Waals surface area contributed by atoms with Gasteiger partial charge in [-0.1, -0.05) is 13.8 Å². The minimum atomic E-state index is 0.0183. The number of hydrogen-bond donors (Lipinski definition) is 2. The number of carbonyl (C=O) groups excluding carboxylic acids is 2. The minimum absolute atomic E-state index is 0.0183. The largest absolute Gasteiger partial charge is 0.353 e. The van der Waals surface area contributed by atoms with E-state index in [1.54, 1.807) is 6.92 Å². The summed E-state index contributed by atoms with van der Waals surface area (Å²) in [6.45, 7) is 5.93. The predicted octanol–water partition coefficient (Wildman–Crippen LogP) is 3.01. The Balaban J connectivity index is 1.34. The quantitative estimate of drug-likeness (QED) is 0.831. The van der Waals surface area contributed by atoms with Crippen LogP contribution in [0.1, 0.15) is 72.1 Å². The monoisotopic (exact) mass is 332 g/mol. The van der Waals surface area contributed by atoms with Gasteiger partial charge in [-0.2, -0.15) is 0 Å². The van der Waals surface area contributed by atoms with Gasteiger partial charge in [0.2, 0.25) is 11.8 Å². The smallest absolute Gasteiger partial charge is 0.220 e. The average molecular weight is 332 g/mol. The highest BCUT2D eigenvalue weighted by Gasteiger charge is 2.53. The summed E-state index contributed by atoms with van der Waals surface area (Å²) in [6, 6.07) is 0.215. The lowest BCUT2D eigenvalue weighted by molar-refractivity contribution is -0.132. The Morgan fingerprint density at radius 3 is 1.96 bits per heavy atom. The minimum Gasteiger partial charge on any atom is -0.353 e. The van der Waals surface area contributed by atoms with Crippen molar-refractivity contribution in [3.8, 4) is 0 Å². The van der Waals surface area contributed by atoms with Gasteiger partial charge in [0, 0.05) is 24.9 Å². The molecule has 134 valence electrons. The van der Waals surface area contributed by atoms with Gasteiger partial charge in [-0.3, -0.25) is 9.59 Å². The maximum absolute atomic E-state index is 12.7. The maximum Gasteiger partial charge on any atom is 0.220 e. The molecule has 5 saturated carbocycles. The van der Waals surface area contributed by atoms with Gasteiger partial charge in [-0.15, -0.1) is 0 Å². The molecule has 2 N–H and O–H groups in total. The third-order valence-electron chi connectivity index (χ3n) is 7.72. The van der Waals surface area contributed by atoms with Crippen LogP contribution in [0.15, 0.2) is 0 Å². The summed E-state index contributed by atoms with van der Waals surface area (Å²) < 4.78 is 0. The van der Waals surface area contributed by atoms with Crippen LogP contribution >= 0.6 is 0 Å². The Labute approximate surface area is 145 Å². The molecular weight excluding hydrogens is 300 g/mol. The number of carbonyl (C=O) groups is 2. The highest BCUT2D eigenvalue weighted by Crippen LogP contribution is 2.56. The summed E-state index contributed by atoms with van der Waals surface area (Å²) in [5.74, 6) is 3.24. The number of amides is 2. The van der Waals surface area contributed by atoms with E-state index in [9.17, 15) is 9.59 Å². The zero-order valence-corrected chi connectivity index (χ0v) is 15.4. The Hall–Kier alpha value is -1.06. The molecule has 0 spiro atoms. The maximum atomic E-state index is 12.7. The lowest BCUT2D eigenvalue weighted by Gasteiger charge is -2.57. The van der Waals surface area contributed by atoms with Crippen molar-refractivity contribution in [2.45, 2.75) is 83.7 Å². The van der Waals surface area contributed by atoms with E-state index in [1.807, 2.05) is 0 Å². The molecule has 24 heavy (non-hydrogen) atoms. The van der Waals surface area contributed by atoms with Gasteiger partial charge in [-0.25, -0.2) is 0 Å². The van der Waals surface area contributed by atoms with Gasteiger partial charge in [0.15, 0.2) is 0 Å². The van der Waals surface area contributed by atoms with E-state index in [2.05, 4.69) is 24.5 Å². The van der Waals surface area contributed by atoms with E-state index in [1.165, 1.54) is 38.5 Å². The highest BCUT2D eigenvalue weighted by atomic mass is 16.2. The Bertz CT molecular complexity index is 519. The zero-order chi connectivity index (χ0) is 17.1. The first-order chi connectivity index (χ1) is 11.3. The molecule has 0 aliphatic heterocycles. The summed E-state index contributed by atoms with van der Waals surface area (Å²) in [5.41, 5.74) is 0.140. The molecule has 4 nitrogen and oxygen atoms in total. The molecule has 2 amide bonds. The number of nitrogens with one attached hydrogen (secondary N) is 2. The van der Waals surface area contributed by atoms with Crippen molar-refractivity contribution in [3.63, 3.8) is 0 Å². The van der Waals surface area contributed by atoms with E-state index in [-0.39, 0.29) is 28.8 Å². The van der Waals surface area contributed by atoms with Crippen LogP contribution in [0.2, 0.25) is 0 Å². The second kappa shape index (κ2) is 5.47. The second-order valence-electron chi connectivity index (χ2n) is 9.96. The summed E-state index contributed by atoms with van der Waals surface area (Å²) in [4.78, 5) is 24.0. The van der Waals surface area contributed by atoms with E-state index in [0.29, 0.717) is 12.3 Å². The third-order valence-corrected chi connectivity index (χ3v) is 7.72. The average Bonchev–Trinajstić information content (AvgIpc) is 2.43. The lowest BCUT2D eigenvalue weighted by Crippen LogP contribution is -2.62. The molecule has 5 aliphatic carbocycles. The molecule has 0 aromatic heterocycles. The third kappa shape index (κ3) is 2.76. The Kier molecular flexibility index (Phi) is 3.74. The van der Waals surface area contributed by atoms with Crippen LogP contribution in [0.25, 0.3) is 0 Å². The Morgan fingerprint density at radius 1 is 0.958 bits per heavy atom. The SMILES string of the molecule is CC(=O)NC1CC(CC(=O)NC23CC4CC(CC(C4)C2)C3)C1(C)C. The van der Waals surface area contributed by atoms with E-state index in [4.69, 9.17) is 0 Å². The van der Waals surface area contributed by atoms with Gasteiger partial charge >= 0.3 is 0 Å². The summed E-state index contributed by atoms with van der Waals surface area (Å²) >= 11 is 0. The van der Waals surface area contributed by atoms with Crippen LogP contribution in [0.3, 0.4) is 0 Å². The van der Waals surface area contributed by atoms with Crippen LogP contribution < -0.4 is 10.6 Å². The summed E-state index contributed by atoms with van der Waals surface area (Å²) in [5, 5.41) is 6.52. The van der Waals surface area contributed by atoms with E-state index in [0.717, 1.165) is 24.2 Å². The molecule has 0 heterocycles. The first-order valence-corrected chi connectivity index (χ1v) is 9.84. The molecule has 0 radical (unpaired) electrons. The van der Waals surface area contributed by atoms with Crippen molar-refractivity contribution in [2.75, 3.05) is 0 Å². The molecule has 5 aliphatic rings. The zero-order valence-electron chi connectivity index (χ0n) is 15.4. The normalized spacial score (nSPS) is 44.7. The summed E-state index contributed by atoms with van der Waals surface area (Å²) in [6.07, 6.45) is 9.41. The molecule has 0 aromatic carbocycles. The fourth-order valence-electron chi connectivity index (χ4n) is 6.69. The number of rotatable bonds is 4. The van der Waals surface area contributed by atoms with Crippen molar-refractivity contribution >= 4 is 11.8 Å². The topological polar surface area (TPSA) is 58.2 Å². The van der Waals surface area contributed by atoms with Gasteiger partial charge < -0.3 is 10.6 Å².